The normalized spacial score (nSPS) is 18.8. The molecule has 5 amide bonds. The molecule has 4 aromatic rings. The van der Waals surface area contributed by atoms with E-state index in [2.05, 4.69) is 15.2 Å². The van der Waals surface area contributed by atoms with Gasteiger partial charge in [0.05, 0.1) is 55.9 Å². The van der Waals surface area contributed by atoms with E-state index >= 15 is 0 Å². The highest BCUT2D eigenvalue weighted by Gasteiger charge is 2.49. The Kier molecular flexibility index (Phi) is 10.5. The van der Waals surface area contributed by atoms with Crippen molar-refractivity contribution < 1.29 is 42.9 Å². The number of methoxy groups -OCH3 is 2. The Hall–Kier alpha value is -6.13. The number of benzene rings is 2. The SMILES string of the molecule is COc1cc(-c2cn(C)c(=O)c3cnccc23)cc(OC)c1CN1CCC2(C1)CN(C(=O)CCOCCOc1cccc3c1C(=O)N(C1CCC(=O)NC1=O)C3=O)C2. The Morgan fingerprint density at radius 1 is 0.914 bits per heavy atom. The second-order valence-electron chi connectivity index (χ2n) is 15.3. The van der Waals surface area contributed by atoms with Crippen LogP contribution in [0.3, 0.4) is 0 Å². The molecule has 4 aliphatic rings. The fourth-order valence-electron chi connectivity index (χ4n) is 8.66. The van der Waals surface area contributed by atoms with Gasteiger partial charge in [0, 0.05) is 69.2 Å². The minimum atomic E-state index is -1.06. The number of carbonyl (C=O) groups excluding carboxylic acids is 5. The maximum atomic E-state index is 13.3. The molecular weight excluding hydrogens is 748 g/mol. The number of aromatic nitrogens is 2. The number of aryl methyl sites for hydroxylation is 1. The van der Waals surface area contributed by atoms with E-state index in [1.54, 1.807) is 50.4 Å². The van der Waals surface area contributed by atoms with Gasteiger partial charge in [0.2, 0.25) is 17.7 Å². The molecule has 2 aromatic carbocycles. The molecule has 0 radical (unpaired) electrons. The number of likely N-dealkylation sites (tertiary alicyclic amines) is 2. The molecule has 0 saturated carbocycles. The number of pyridine rings is 2. The number of nitrogens with zero attached hydrogens (tertiary/aromatic N) is 5. The molecule has 1 unspecified atom stereocenters. The molecule has 16 heteroatoms. The molecule has 1 spiro atoms. The van der Waals surface area contributed by atoms with Crippen molar-refractivity contribution in [2.24, 2.45) is 12.5 Å². The number of hydrogen-bond acceptors (Lipinski definition) is 12. The number of rotatable bonds is 13. The van der Waals surface area contributed by atoms with Crippen molar-refractivity contribution in [3.05, 3.63) is 82.0 Å². The van der Waals surface area contributed by atoms with Gasteiger partial charge in [0.25, 0.3) is 17.4 Å². The van der Waals surface area contributed by atoms with Crippen molar-refractivity contribution >= 4 is 40.3 Å². The average molecular weight is 793 g/mol. The number of carbonyl (C=O) groups is 5. The lowest BCUT2D eigenvalue weighted by molar-refractivity contribution is -0.144. The van der Waals surface area contributed by atoms with Crippen molar-refractivity contribution in [1.29, 1.82) is 0 Å². The fourth-order valence-corrected chi connectivity index (χ4v) is 8.66. The molecule has 0 bridgehead atoms. The Morgan fingerprint density at radius 3 is 2.43 bits per heavy atom. The largest absolute Gasteiger partial charge is 0.496 e. The molecule has 0 aliphatic carbocycles. The summed E-state index contributed by atoms with van der Waals surface area (Å²) in [6.45, 7) is 4.10. The molecule has 2 aromatic heterocycles. The predicted octanol–water partition coefficient (Wildman–Crippen LogP) is 2.54. The Morgan fingerprint density at radius 2 is 1.69 bits per heavy atom. The summed E-state index contributed by atoms with van der Waals surface area (Å²) in [5.74, 6) is -0.772. The van der Waals surface area contributed by atoms with Gasteiger partial charge in [0.1, 0.15) is 29.9 Å². The lowest BCUT2D eigenvalue weighted by atomic mass is 9.79. The number of imide groups is 2. The maximum Gasteiger partial charge on any atom is 0.266 e. The van der Waals surface area contributed by atoms with Gasteiger partial charge in [-0.2, -0.15) is 0 Å². The van der Waals surface area contributed by atoms with E-state index < -0.39 is 29.7 Å². The molecule has 8 rings (SSSR count). The minimum Gasteiger partial charge on any atom is -0.496 e. The van der Waals surface area contributed by atoms with E-state index in [1.165, 1.54) is 6.07 Å². The number of fused-ring (bicyclic) bond motifs is 2. The summed E-state index contributed by atoms with van der Waals surface area (Å²) >= 11 is 0. The Labute approximate surface area is 333 Å². The van der Waals surface area contributed by atoms with Crippen LogP contribution in [0.1, 0.15) is 52.0 Å². The van der Waals surface area contributed by atoms with Crippen LogP contribution in [-0.4, -0.2) is 120 Å². The van der Waals surface area contributed by atoms with E-state index in [0.717, 1.165) is 46.5 Å². The summed E-state index contributed by atoms with van der Waals surface area (Å²) in [6.07, 6.45) is 6.37. The summed E-state index contributed by atoms with van der Waals surface area (Å²) < 4.78 is 24.9. The zero-order chi connectivity index (χ0) is 40.7. The van der Waals surface area contributed by atoms with Crippen LogP contribution in [-0.2, 0) is 32.7 Å². The van der Waals surface area contributed by atoms with Gasteiger partial charge < -0.3 is 28.4 Å². The standard InChI is InChI=1S/C42H44N6O10/c1-45-20-29(26-9-12-43-19-28(26)39(45)52)25-17-33(55-2)30(34(18-25)56-3)21-46-13-11-42(22-46)23-47(24-42)36(50)10-14-57-15-16-58-32-6-4-5-27-37(32)41(54)48(40(27)53)31-7-8-35(49)44-38(31)51/h4-6,9,12,17-20,31H,7-8,10-11,13-16,21-24H2,1-3H3,(H,44,49,51). The van der Waals surface area contributed by atoms with Gasteiger partial charge in [-0.15, -0.1) is 0 Å². The molecule has 302 valence electrons. The van der Waals surface area contributed by atoms with Crippen molar-refractivity contribution in [3.63, 3.8) is 0 Å². The minimum absolute atomic E-state index is 0.0177. The maximum absolute atomic E-state index is 13.3. The monoisotopic (exact) mass is 792 g/mol. The zero-order valence-electron chi connectivity index (χ0n) is 32.6. The van der Waals surface area contributed by atoms with Gasteiger partial charge in [-0.05, 0) is 60.7 Å². The van der Waals surface area contributed by atoms with E-state index in [0.29, 0.717) is 36.5 Å². The molecule has 1 N–H and O–H groups in total. The van der Waals surface area contributed by atoms with Crippen molar-refractivity contribution in [2.45, 2.75) is 38.3 Å². The average Bonchev–Trinajstić information content (AvgIpc) is 3.75. The first-order valence-corrected chi connectivity index (χ1v) is 19.2. The number of amides is 5. The highest BCUT2D eigenvalue weighted by atomic mass is 16.5. The second-order valence-corrected chi connectivity index (χ2v) is 15.3. The first-order valence-electron chi connectivity index (χ1n) is 19.2. The number of nitrogens with one attached hydrogen (secondary N) is 1. The van der Waals surface area contributed by atoms with E-state index in [-0.39, 0.29) is 72.8 Å². The van der Waals surface area contributed by atoms with Crippen LogP contribution in [0.4, 0.5) is 0 Å². The van der Waals surface area contributed by atoms with Crippen LogP contribution in [0, 0.1) is 5.41 Å². The third-order valence-corrected chi connectivity index (χ3v) is 11.6. The van der Waals surface area contributed by atoms with Crippen LogP contribution in [0.2, 0.25) is 0 Å². The van der Waals surface area contributed by atoms with Crippen LogP contribution in [0.25, 0.3) is 21.9 Å². The van der Waals surface area contributed by atoms with Crippen LogP contribution in [0.5, 0.6) is 17.2 Å². The van der Waals surface area contributed by atoms with Crippen molar-refractivity contribution in [2.75, 3.05) is 60.2 Å². The molecular formula is C42H44N6O10. The van der Waals surface area contributed by atoms with Crippen LogP contribution < -0.4 is 25.1 Å². The highest BCUT2D eigenvalue weighted by Crippen LogP contribution is 2.43. The van der Waals surface area contributed by atoms with Crippen molar-refractivity contribution in [1.82, 2.24) is 29.6 Å². The smallest absolute Gasteiger partial charge is 0.266 e. The van der Waals surface area contributed by atoms with Crippen LogP contribution >= 0.6 is 0 Å². The molecule has 58 heavy (non-hydrogen) atoms. The molecule has 4 aliphatic heterocycles. The number of ether oxygens (including phenoxy) is 4. The fraction of sp³-hybridized carbons (Fsp3) is 0.405. The first kappa shape index (κ1) is 38.7. The summed E-state index contributed by atoms with van der Waals surface area (Å²) in [4.78, 5) is 85.4. The van der Waals surface area contributed by atoms with Gasteiger partial charge in [-0.1, -0.05) is 6.07 Å². The summed E-state index contributed by atoms with van der Waals surface area (Å²) in [7, 11) is 5.01. The van der Waals surface area contributed by atoms with Gasteiger partial charge in [0.15, 0.2) is 0 Å². The predicted molar refractivity (Wildman–Crippen MR) is 208 cm³/mol. The molecule has 1 atom stereocenters. The van der Waals surface area contributed by atoms with E-state index in [9.17, 15) is 28.8 Å². The summed E-state index contributed by atoms with van der Waals surface area (Å²) in [5, 5.41) is 3.52. The second kappa shape index (κ2) is 15.7. The summed E-state index contributed by atoms with van der Waals surface area (Å²) in [5.41, 5.74) is 2.78. The van der Waals surface area contributed by atoms with E-state index in [4.69, 9.17) is 18.9 Å². The third kappa shape index (κ3) is 7.06. The van der Waals surface area contributed by atoms with Crippen LogP contribution in [0.15, 0.2) is 59.8 Å². The number of hydrogen-bond donors (Lipinski definition) is 1. The van der Waals surface area contributed by atoms with Crippen molar-refractivity contribution in [3.8, 4) is 28.4 Å². The molecule has 6 heterocycles. The Balaban J connectivity index is 0.807. The quantitative estimate of drug-likeness (QED) is 0.155. The molecule has 3 saturated heterocycles. The van der Waals surface area contributed by atoms with E-state index in [1.807, 2.05) is 29.3 Å². The number of piperidine rings is 1. The Bertz CT molecular complexity index is 2380. The lowest BCUT2D eigenvalue weighted by Gasteiger charge is -2.48. The first-order chi connectivity index (χ1) is 28.0. The topological polar surface area (TPSA) is 179 Å². The summed E-state index contributed by atoms with van der Waals surface area (Å²) in [6, 6.07) is 9.42. The third-order valence-electron chi connectivity index (χ3n) is 11.6. The van der Waals surface area contributed by atoms with Gasteiger partial charge in [-0.3, -0.25) is 48.9 Å². The van der Waals surface area contributed by atoms with Gasteiger partial charge >= 0.3 is 0 Å². The van der Waals surface area contributed by atoms with Gasteiger partial charge in [-0.25, -0.2) is 0 Å². The highest BCUT2D eigenvalue weighted by molar-refractivity contribution is 6.24. The lowest BCUT2D eigenvalue weighted by Crippen LogP contribution is -2.59. The zero-order valence-corrected chi connectivity index (χ0v) is 32.6. The molecule has 3 fully saturated rings. The molecule has 16 nitrogen and oxygen atoms in total.